The van der Waals surface area contributed by atoms with Gasteiger partial charge in [0, 0.05) is 56.6 Å². The highest BCUT2D eigenvalue weighted by Gasteiger charge is 2.41. The van der Waals surface area contributed by atoms with Crippen LogP contribution in [0.15, 0.2) is 79.1 Å². The first kappa shape index (κ1) is 33.7. The molecule has 5 N–H and O–H groups in total. The number of hydrogen-bond donors (Lipinski definition) is 5. The lowest BCUT2D eigenvalue weighted by Gasteiger charge is -2.42. The second-order valence-electron chi connectivity index (χ2n) is 13.7. The largest absolute Gasteiger partial charge is 0.392 e. The molecule has 2 aromatic carbocycles. The number of nitrogens with zero attached hydrogens (tertiary/aromatic N) is 3. The van der Waals surface area contributed by atoms with Crippen LogP contribution in [0.1, 0.15) is 61.6 Å². The number of carbonyl (C=O) groups excluding carboxylic acids is 2. The molecule has 0 bridgehead atoms. The van der Waals surface area contributed by atoms with E-state index < -0.39 is 41.9 Å². The quantitative estimate of drug-likeness (QED) is 0.218. The highest BCUT2D eigenvalue weighted by molar-refractivity contribution is 5.83. The number of aliphatic hydroxyl groups is 3. The SMILES string of the molecule is CC(C)(C)NC(=O)[C@@H]1CN(Cc2cccnc2)CCN1C[C@@H](O)C[C@@H](Cc1ccccc1)C(=O)N[C@H]1c2ccccc2[C@H](O)[C@H]1O. The molecule has 2 heterocycles. The van der Waals surface area contributed by atoms with E-state index >= 15 is 0 Å². The maximum atomic E-state index is 13.8. The van der Waals surface area contributed by atoms with Gasteiger partial charge in [-0.2, -0.15) is 0 Å². The van der Waals surface area contributed by atoms with Crippen LogP contribution >= 0.6 is 0 Å². The number of amides is 2. The van der Waals surface area contributed by atoms with Crippen molar-refractivity contribution < 1.29 is 24.9 Å². The lowest BCUT2D eigenvalue weighted by atomic mass is 9.91. The second-order valence-corrected chi connectivity index (χ2v) is 13.7. The van der Waals surface area contributed by atoms with Gasteiger partial charge >= 0.3 is 0 Å². The van der Waals surface area contributed by atoms with Crippen LogP contribution in [0.25, 0.3) is 0 Å². The molecule has 1 aliphatic heterocycles. The molecular weight excluding hydrogens is 582 g/mol. The molecule has 3 aromatic rings. The van der Waals surface area contributed by atoms with Gasteiger partial charge in [-0.05, 0) is 61.9 Å². The third kappa shape index (κ3) is 8.57. The standard InChI is InChI=1S/C36H47N5O5/c1-36(2,3)39-35(46)30-23-40(21-25-12-9-15-37-20-25)16-17-41(30)22-27(42)19-26(18-24-10-5-4-6-11-24)34(45)38-31-28-13-7-8-14-29(28)32(43)33(31)44/h4-15,20,26-27,30-33,42-44H,16-19,21-23H2,1-3H3,(H,38,45)(H,39,46)/t26-,27+,30+,31+,32+,33+/m1/s1. The van der Waals surface area contributed by atoms with Crippen LogP contribution in [0.4, 0.5) is 0 Å². The predicted molar refractivity (Wildman–Crippen MR) is 175 cm³/mol. The first-order valence-electron chi connectivity index (χ1n) is 16.1. The van der Waals surface area contributed by atoms with Gasteiger partial charge in [0.2, 0.25) is 11.8 Å². The van der Waals surface area contributed by atoms with E-state index in [0.29, 0.717) is 37.2 Å². The van der Waals surface area contributed by atoms with Gasteiger partial charge in [0.05, 0.1) is 12.1 Å². The summed E-state index contributed by atoms with van der Waals surface area (Å²) in [6.07, 6.45) is 0.983. The molecule has 5 rings (SSSR count). The van der Waals surface area contributed by atoms with Gasteiger partial charge in [-0.1, -0.05) is 60.7 Å². The van der Waals surface area contributed by atoms with Crippen molar-refractivity contribution in [3.05, 3.63) is 101 Å². The fourth-order valence-corrected chi connectivity index (χ4v) is 6.59. The number of hydrogen-bond acceptors (Lipinski definition) is 8. The number of aromatic nitrogens is 1. The Balaban J connectivity index is 1.30. The summed E-state index contributed by atoms with van der Waals surface area (Å²) in [6.45, 7) is 8.55. The number of piperazine rings is 1. The Hall–Kier alpha value is -3.67. The van der Waals surface area contributed by atoms with E-state index in [1.807, 2.05) is 80.4 Å². The van der Waals surface area contributed by atoms with E-state index in [4.69, 9.17) is 0 Å². The van der Waals surface area contributed by atoms with Gasteiger partial charge in [0.15, 0.2) is 0 Å². The summed E-state index contributed by atoms with van der Waals surface area (Å²) in [5.41, 5.74) is 2.90. The average molecular weight is 630 g/mol. The summed E-state index contributed by atoms with van der Waals surface area (Å²) in [4.78, 5) is 35.9. The van der Waals surface area contributed by atoms with Crippen molar-refractivity contribution >= 4 is 11.8 Å². The molecule has 0 saturated carbocycles. The number of benzene rings is 2. The van der Waals surface area contributed by atoms with Crippen LogP contribution in [-0.2, 0) is 22.6 Å². The monoisotopic (exact) mass is 629 g/mol. The molecule has 10 nitrogen and oxygen atoms in total. The molecule has 10 heteroatoms. The zero-order valence-corrected chi connectivity index (χ0v) is 26.9. The lowest BCUT2D eigenvalue weighted by Crippen LogP contribution is -2.61. The van der Waals surface area contributed by atoms with Gasteiger partial charge < -0.3 is 26.0 Å². The molecule has 0 radical (unpaired) electrons. The van der Waals surface area contributed by atoms with Crippen LogP contribution in [0, 0.1) is 5.92 Å². The summed E-state index contributed by atoms with van der Waals surface area (Å²) in [7, 11) is 0. The van der Waals surface area contributed by atoms with E-state index in [-0.39, 0.29) is 24.8 Å². The minimum atomic E-state index is -1.17. The maximum absolute atomic E-state index is 13.8. The van der Waals surface area contributed by atoms with Crippen molar-refractivity contribution in [3.8, 4) is 0 Å². The molecule has 1 aromatic heterocycles. The number of fused-ring (bicyclic) bond motifs is 1. The Morgan fingerprint density at radius 1 is 0.957 bits per heavy atom. The van der Waals surface area contributed by atoms with Crippen molar-refractivity contribution in [1.82, 2.24) is 25.4 Å². The van der Waals surface area contributed by atoms with E-state index in [9.17, 15) is 24.9 Å². The summed E-state index contributed by atoms with van der Waals surface area (Å²) in [5.74, 6) is -1.01. The number of β-amino-alcohol motifs (C(OH)–C–C–N with tert-alkyl or cyclic N) is 1. The summed E-state index contributed by atoms with van der Waals surface area (Å²) < 4.78 is 0. The molecule has 2 aliphatic rings. The third-order valence-electron chi connectivity index (χ3n) is 8.82. The number of pyridine rings is 1. The number of nitrogens with one attached hydrogen (secondary N) is 2. The Kier molecular flexibility index (Phi) is 10.9. The van der Waals surface area contributed by atoms with E-state index in [1.54, 1.807) is 24.4 Å². The second kappa shape index (κ2) is 14.8. The molecule has 1 saturated heterocycles. The zero-order valence-electron chi connectivity index (χ0n) is 26.9. The first-order valence-corrected chi connectivity index (χ1v) is 16.1. The van der Waals surface area contributed by atoms with Crippen molar-refractivity contribution in [3.63, 3.8) is 0 Å². The number of carbonyl (C=O) groups is 2. The molecule has 246 valence electrons. The topological polar surface area (TPSA) is 138 Å². The summed E-state index contributed by atoms with van der Waals surface area (Å²) in [6, 6.07) is 19.5. The zero-order chi connectivity index (χ0) is 32.8. The van der Waals surface area contributed by atoms with Crippen molar-refractivity contribution in [2.75, 3.05) is 26.2 Å². The lowest BCUT2D eigenvalue weighted by molar-refractivity contribution is -0.132. The third-order valence-corrected chi connectivity index (χ3v) is 8.82. The Labute approximate surface area is 271 Å². The predicted octanol–water partition coefficient (Wildman–Crippen LogP) is 2.36. The fourth-order valence-electron chi connectivity index (χ4n) is 6.59. The Morgan fingerprint density at radius 3 is 2.35 bits per heavy atom. The molecule has 6 atom stereocenters. The fraction of sp³-hybridized carbons (Fsp3) is 0.472. The molecular formula is C36H47N5O5. The minimum absolute atomic E-state index is 0.0957. The van der Waals surface area contributed by atoms with E-state index in [2.05, 4.69) is 20.5 Å². The van der Waals surface area contributed by atoms with Crippen LogP contribution in [-0.4, -0.2) is 91.9 Å². The van der Waals surface area contributed by atoms with Crippen LogP contribution in [0.5, 0.6) is 0 Å². The number of aliphatic hydroxyl groups excluding tert-OH is 3. The van der Waals surface area contributed by atoms with Gasteiger partial charge in [-0.3, -0.25) is 24.4 Å². The van der Waals surface area contributed by atoms with Crippen molar-refractivity contribution in [2.24, 2.45) is 5.92 Å². The Bertz CT molecular complexity index is 1450. The van der Waals surface area contributed by atoms with Crippen molar-refractivity contribution in [2.45, 2.75) is 76.1 Å². The maximum Gasteiger partial charge on any atom is 0.239 e. The molecule has 0 spiro atoms. The van der Waals surface area contributed by atoms with Gasteiger partial charge in [0.1, 0.15) is 18.2 Å². The van der Waals surface area contributed by atoms with Crippen molar-refractivity contribution in [1.29, 1.82) is 0 Å². The highest BCUT2D eigenvalue weighted by Crippen LogP contribution is 2.39. The molecule has 2 amide bonds. The van der Waals surface area contributed by atoms with E-state index in [0.717, 1.165) is 17.7 Å². The minimum Gasteiger partial charge on any atom is -0.392 e. The van der Waals surface area contributed by atoms with Crippen LogP contribution < -0.4 is 10.6 Å². The summed E-state index contributed by atoms with van der Waals surface area (Å²) >= 11 is 0. The number of rotatable bonds is 11. The van der Waals surface area contributed by atoms with Gasteiger partial charge in [0.25, 0.3) is 0 Å². The van der Waals surface area contributed by atoms with Crippen LogP contribution in [0.2, 0.25) is 0 Å². The molecule has 1 fully saturated rings. The normalized spacial score (nSPS) is 23.3. The molecule has 46 heavy (non-hydrogen) atoms. The van der Waals surface area contributed by atoms with Gasteiger partial charge in [-0.15, -0.1) is 0 Å². The van der Waals surface area contributed by atoms with E-state index in [1.165, 1.54) is 0 Å². The molecule has 1 aliphatic carbocycles. The highest BCUT2D eigenvalue weighted by atomic mass is 16.3. The Morgan fingerprint density at radius 2 is 1.65 bits per heavy atom. The van der Waals surface area contributed by atoms with Crippen LogP contribution in [0.3, 0.4) is 0 Å². The smallest absolute Gasteiger partial charge is 0.239 e. The first-order chi connectivity index (χ1) is 22.0. The molecule has 0 unspecified atom stereocenters. The average Bonchev–Trinajstić information content (AvgIpc) is 3.26. The summed E-state index contributed by atoms with van der Waals surface area (Å²) in [5, 5.41) is 39.0. The van der Waals surface area contributed by atoms with Gasteiger partial charge in [-0.25, -0.2) is 0 Å².